The molecule has 0 spiro atoms. The lowest BCUT2D eigenvalue weighted by molar-refractivity contribution is -0.381. The quantitative estimate of drug-likeness (QED) is 0.0169. The summed E-state index contributed by atoms with van der Waals surface area (Å²) in [7, 11) is -23.9. The number of fused-ring (bicyclic) bond motifs is 5. The molecule has 0 aromatic heterocycles. The Morgan fingerprint density at radius 3 is 1.35 bits per heavy atom. The zero-order valence-electron chi connectivity index (χ0n) is 89.6. The summed E-state index contributed by atoms with van der Waals surface area (Å²) in [5.74, 6) is -1.77. The molecule has 130 heavy (non-hydrogen) atoms. The fourth-order valence-electron chi connectivity index (χ4n) is 26.3. The molecule has 2 heterocycles. The summed E-state index contributed by atoms with van der Waals surface area (Å²) in [6, 6.07) is 22.4. The Balaban J connectivity index is 1.83. The van der Waals surface area contributed by atoms with E-state index in [1.165, 1.54) is 6.29 Å². The van der Waals surface area contributed by atoms with Crippen LogP contribution in [-0.2, 0) is 77.9 Å². The molecule has 3 saturated carbocycles. The van der Waals surface area contributed by atoms with Crippen LogP contribution in [0.25, 0.3) is 0 Å². The summed E-state index contributed by atoms with van der Waals surface area (Å²) >= 11 is 0. The van der Waals surface area contributed by atoms with Gasteiger partial charge in [-0.1, -0.05) is 240 Å². The third-order valence-corrected chi connectivity index (χ3v) is 80.0. The van der Waals surface area contributed by atoms with Gasteiger partial charge in [0.2, 0.25) is 0 Å². The molecule has 6 aliphatic rings. The molecule has 6 rings (SSSR count). The van der Waals surface area contributed by atoms with Crippen molar-refractivity contribution in [2.24, 2.45) is 44.8 Å². The Morgan fingerprint density at radius 2 is 0.908 bits per heavy atom. The molecule has 0 aromatic rings. The van der Waals surface area contributed by atoms with Gasteiger partial charge < -0.3 is 83.6 Å². The molecule has 3 N–H and O–H groups in total. The highest BCUT2D eigenvalue weighted by molar-refractivity contribution is 6.77. The fraction of sp³-hybridized carbons (Fsp3) is 0.950. The lowest BCUT2D eigenvalue weighted by atomic mass is 9.35. The van der Waals surface area contributed by atoms with Crippen molar-refractivity contribution in [2.75, 3.05) is 13.2 Å². The van der Waals surface area contributed by atoms with Gasteiger partial charge in [0.25, 0.3) is 0 Å². The molecule has 29 heteroatoms. The second-order valence-electron chi connectivity index (χ2n) is 43.2. The standard InChI is InChI=1S/C101H202O20Si9/c1-34-122(35-2,36-3)108-74-80-85(116-125(43-10,44-11)45-12)88(118-127(49-16,50-17)51-18)92(120-129(55-22,56-23)57-24)95(109-80)113-91-87(111-96(121-130(58-25,59-26)60-27)86(117-126(46-13,47-14)48-15)79(73-102)115-124(40-7,41-8)42-9)89(119-128(52-19,53-20)54-21)90(93(106)107)112-94(91)110-83-66-68-98(30)81(99(83,31)75-103)65-69-100(32)82(98)64-63-78-76(71-97(28,29)67-61-62-84(104)105)70-77(72-101(78,100)33)114-123(37-4,38-5)39-6/h63,75-77,79-83,85-92,94-96,102H,34-62,64-74H2,1-33H3,(H,104,105)(H,106,107)/t76?,77?,79-,80?,81?,82?,83+,85+,86?,87?,88?,89+,90?,91?,92?,94-,95+,96-,98?,99?,100?,101?/m1/s1. The van der Waals surface area contributed by atoms with Crippen LogP contribution in [0, 0.1) is 44.8 Å². The van der Waals surface area contributed by atoms with Gasteiger partial charge in [-0.05, 0) is 267 Å². The highest BCUT2D eigenvalue weighted by Gasteiger charge is 2.70. The molecule has 0 radical (unpaired) electrons. The summed E-state index contributed by atoms with van der Waals surface area (Å²) in [5, 5.41) is 35.1. The van der Waals surface area contributed by atoms with Crippen molar-refractivity contribution in [2.45, 2.75) is 554 Å². The number of hydrogen-bond donors (Lipinski definition) is 3. The first-order chi connectivity index (χ1) is 61.5. The van der Waals surface area contributed by atoms with E-state index in [0.29, 0.717) is 37.4 Å². The molecule has 22 atom stereocenters. The summed E-state index contributed by atoms with van der Waals surface area (Å²) < 4.78 is 114. The van der Waals surface area contributed by atoms with Crippen molar-refractivity contribution >= 4 is 93.1 Å². The maximum absolute atomic E-state index is 15.7. The fourth-order valence-corrected chi connectivity index (χ4v) is 51.5. The van der Waals surface area contributed by atoms with Crippen LogP contribution in [-0.4, -0.2) is 214 Å². The van der Waals surface area contributed by atoms with E-state index in [0.717, 1.165) is 190 Å². The predicted molar refractivity (Wildman–Crippen MR) is 556 cm³/mol. The number of hydrogen-bond acceptors (Lipinski definition) is 18. The molecule has 5 fully saturated rings. The first kappa shape index (κ1) is 118. The molecule has 20 nitrogen and oxygen atoms in total. The SMILES string of the molecule is CC[Si](CC)(CC)OCC1O[C@@H](OC2C(O[C@H](O[Si](CC)(CC)CC)C(O[Si](CC)(CC)CC)[C@@H](CO)O[Si](CC)(CC)CC)[C@H](O[Si](CC)(CC)CC)C(C(=O)O)O[C@H]2O[C@H]2CCC3(C)C(CCC4(C)C3CC=C3C(CC(C)(C)CCCC(=O)O)CC(O[Si](CC)(CC)CC)CC34C)C2(C)C=O)C(O[Si](CC)(CC)CC)C(O[Si](CC)(CC)CC)[C@H]1O[Si](CC)(CC)CC. The van der Waals surface area contributed by atoms with Gasteiger partial charge in [0.1, 0.15) is 55.1 Å². The highest BCUT2D eigenvalue weighted by atomic mass is 28.4. The van der Waals surface area contributed by atoms with Crippen molar-refractivity contribution < 1.29 is 93.2 Å². The van der Waals surface area contributed by atoms with E-state index in [-0.39, 0.29) is 65.2 Å². The minimum absolute atomic E-state index is 0.0700. The summed E-state index contributed by atoms with van der Waals surface area (Å²) in [6.45, 7) is 75.3. The van der Waals surface area contributed by atoms with Crippen LogP contribution in [0.3, 0.4) is 0 Å². The minimum atomic E-state index is -3.00. The van der Waals surface area contributed by atoms with Crippen molar-refractivity contribution in [1.82, 2.24) is 0 Å². The van der Waals surface area contributed by atoms with Crippen molar-refractivity contribution in [3.63, 3.8) is 0 Å². The minimum Gasteiger partial charge on any atom is -0.481 e. The third kappa shape index (κ3) is 25.7. The van der Waals surface area contributed by atoms with Gasteiger partial charge in [-0.25, -0.2) is 4.79 Å². The summed E-state index contributed by atoms with van der Waals surface area (Å²) in [4.78, 5) is 43.3. The number of ether oxygens (including phenoxy) is 5. The van der Waals surface area contributed by atoms with Crippen LogP contribution in [0.5, 0.6) is 0 Å². The molecule has 2 saturated heterocycles. The molecule has 762 valence electrons. The number of aliphatic carboxylic acids is 2. The van der Waals surface area contributed by atoms with Gasteiger partial charge in [0.05, 0.1) is 30.8 Å². The van der Waals surface area contributed by atoms with Crippen LogP contribution in [0.15, 0.2) is 11.6 Å². The normalized spacial score (nSPS) is 30.7. The third-order valence-electron chi connectivity index (χ3n) is 38.2. The molecule has 0 bridgehead atoms. The number of allylic oxidation sites excluding steroid dienone is 2. The van der Waals surface area contributed by atoms with Gasteiger partial charge in [-0.2, -0.15) is 0 Å². The Morgan fingerprint density at radius 1 is 0.485 bits per heavy atom. The number of aldehydes is 1. The van der Waals surface area contributed by atoms with Crippen molar-refractivity contribution in [3.05, 3.63) is 11.6 Å². The first-order valence-electron chi connectivity index (χ1n) is 54.0. The van der Waals surface area contributed by atoms with E-state index in [9.17, 15) is 20.1 Å². The van der Waals surface area contributed by atoms with E-state index in [2.05, 4.69) is 235 Å². The number of aliphatic hydroxyl groups is 1. The molecular weight excluding hydrogens is 1790 g/mol. The van der Waals surface area contributed by atoms with Crippen LogP contribution in [0.4, 0.5) is 0 Å². The first-order valence-corrected chi connectivity index (χ1v) is 76.8. The average Bonchev–Trinajstić information content (AvgIpc) is 0.678. The predicted octanol–water partition coefficient (Wildman–Crippen LogP) is 27.2. The lowest BCUT2D eigenvalue weighted by Gasteiger charge is -2.70. The van der Waals surface area contributed by atoms with Gasteiger partial charge in [0, 0.05) is 12.5 Å². The van der Waals surface area contributed by atoms with Gasteiger partial charge in [-0.15, -0.1) is 0 Å². The van der Waals surface area contributed by atoms with Gasteiger partial charge in [0.15, 0.2) is 99.8 Å². The number of aliphatic hydroxyl groups excluding tert-OH is 1. The topological polar surface area (TPSA) is 241 Å². The average molecular weight is 1990 g/mol. The van der Waals surface area contributed by atoms with Gasteiger partial charge in [-0.3, -0.25) is 4.79 Å². The zero-order chi connectivity index (χ0) is 97.7. The van der Waals surface area contributed by atoms with E-state index < -0.39 is 178 Å². The lowest BCUT2D eigenvalue weighted by Crippen LogP contribution is -2.71. The largest absolute Gasteiger partial charge is 0.481 e. The number of carbonyl (C=O) groups excluding carboxylic acids is 1. The van der Waals surface area contributed by atoms with Crippen LogP contribution >= 0.6 is 0 Å². The maximum Gasteiger partial charge on any atom is 0.335 e. The highest BCUT2D eigenvalue weighted by Crippen LogP contribution is 2.74. The Labute approximate surface area is 805 Å². The van der Waals surface area contributed by atoms with Gasteiger partial charge >= 0.3 is 11.9 Å². The Bertz CT molecular complexity index is 3310. The van der Waals surface area contributed by atoms with E-state index in [4.69, 9.17) is 63.5 Å². The summed E-state index contributed by atoms with van der Waals surface area (Å²) in [6.07, 6.45) is -3.95. The maximum atomic E-state index is 15.7. The molecular formula is C101H202O20Si9. The number of rotatable bonds is 63. The summed E-state index contributed by atoms with van der Waals surface area (Å²) in [5.41, 5.74) is -0.573. The smallest absolute Gasteiger partial charge is 0.335 e. The Kier molecular flexibility index (Phi) is 46.5. The van der Waals surface area contributed by atoms with Crippen LogP contribution < -0.4 is 0 Å². The number of carboxylic acids is 2. The van der Waals surface area contributed by atoms with Crippen LogP contribution in [0.1, 0.15) is 299 Å². The Hall–Kier alpha value is -0.298. The second-order valence-corrected chi connectivity index (χ2v) is 85.7. The molecule has 4 aliphatic carbocycles. The molecule has 15 unspecified atom stereocenters. The number of carbonyl (C=O) groups is 3. The van der Waals surface area contributed by atoms with Crippen molar-refractivity contribution in [1.29, 1.82) is 0 Å². The van der Waals surface area contributed by atoms with E-state index in [1.807, 2.05) is 0 Å². The molecule has 0 amide bonds. The monoisotopic (exact) mass is 1990 g/mol. The zero-order valence-corrected chi connectivity index (χ0v) is 98.6. The molecule has 2 aliphatic heterocycles. The second kappa shape index (κ2) is 51.1. The number of carboxylic acid groups (broad SMARTS) is 2. The van der Waals surface area contributed by atoms with E-state index in [1.54, 1.807) is 5.57 Å². The van der Waals surface area contributed by atoms with E-state index >= 15 is 9.59 Å². The van der Waals surface area contributed by atoms with Crippen LogP contribution in [0.2, 0.25) is 163 Å². The molecule has 0 aromatic carbocycles. The van der Waals surface area contributed by atoms with Crippen molar-refractivity contribution in [3.8, 4) is 0 Å².